The lowest BCUT2D eigenvalue weighted by atomic mass is 10.0. The molecule has 6 nitrogen and oxygen atoms in total. The topological polar surface area (TPSA) is 89.5 Å². The van der Waals surface area contributed by atoms with Gasteiger partial charge < -0.3 is 0 Å². The highest BCUT2D eigenvalue weighted by atomic mass is 32.2. The summed E-state index contributed by atoms with van der Waals surface area (Å²) >= 11 is 0. The van der Waals surface area contributed by atoms with E-state index in [0.717, 1.165) is 6.26 Å². The maximum atomic E-state index is 12.9. The van der Waals surface area contributed by atoms with E-state index in [1.807, 2.05) is 13.8 Å². The van der Waals surface area contributed by atoms with E-state index in [4.69, 9.17) is 4.18 Å². The van der Waals surface area contributed by atoms with Crippen LogP contribution in [0.25, 0.3) is 0 Å². The first-order chi connectivity index (χ1) is 12.1. The molecule has 8 heteroatoms. The fourth-order valence-corrected chi connectivity index (χ4v) is 4.44. The Balaban J connectivity index is 2.41. The summed E-state index contributed by atoms with van der Waals surface area (Å²) in [6.07, 6.45) is 0.118. The lowest BCUT2D eigenvalue weighted by Gasteiger charge is -2.20. The molecule has 0 saturated carbocycles. The van der Waals surface area contributed by atoms with Crippen LogP contribution in [0.3, 0.4) is 0 Å². The third-order valence-corrected chi connectivity index (χ3v) is 5.57. The monoisotopic (exact) mass is 397 g/mol. The van der Waals surface area contributed by atoms with Crippen molar-refractivity contribution in [3.8, 4) is 0 Å². The molecule has 0 aliphatic carbocycles. The quantitative estimate of drug-likeness (QED) is 0.546. The van der Waals surface area contributed by atoms with E-state index in [1.54, 1.807) is 48.5 Å². The number of nitrogens with one attached hydrogen (secondary N) is 1. The average Bonchev–Trinajstić information content (AvgIpc) is 2.53. The average molecular weight is 398 g/mol. The van der Waals surface area contributed by atoms with Gasteiger partial charge in [-0.15, -0.1) is 0 Å². The molecule has 0 fully saturated rings. The zero-order chi connectivity index (χ0) is 19.4. The highest BCUT2D eigenvalue weighted by molar-refractivity contribution is 7.89. The number of hydrogen-bond donors (Lipinski definition) is 1. The Labute approximate surface area is 155 Å². The second kappa shape index (κ2) is 8.30. The standard InChI is InChI=1S/C18H23NO5S2/c1-14(2)13-16-11-7-8-12-17(16)26(22,23)19-18(24-25(3,20)21)15-9-5-4-6-10-15/h4-12,14,18-19H,13H2,1-3H3. The Hall–Kier alpha value is -1.74. The van der Waals surface area contributed by atoms with Crippen LogP contribution in [0, 0.1) is 5.92 Å². The molecule has 2 rings (SSSR count). The molecule has 0 spiro atoms. The molecule has 1 atom stereocenters. The Kier molecular flexibility index (Phi) is 6.57. The normalized spacial score (nSPS) is 13.7. The minimum absolute atomic E-state index is 0.117. The fourth-order valence-electron chi connectivity index (χ4n) is 2.52. The summed E-state index contributed by atoms with van der Waals surface area (Å²) in [5.74, 6) is 0.267. The van der Waals surface area contributed by atoms with Gasteiger partial charge in [-0.25, -0.2) is 12.6 Å². The molecule has 142 valence electrons. The van der Waals surface area contributed by atoms with Gasteiger partial charge in [0, 0.05) is 0 Å². The van der Waals surface area contributed by atoms with Crippen LogP contribution in [-0.2, 0) is 30.7 Å². The van der Waals surface area contributed by atoms with Gasteiger partial charge in [0.2, 0.25) is 10.0 Å². The van der Waals surface area contributed by atoms with Crippen molar-refractivity contribution < 1.29 is 21.0 Å². The summed E-state index contributed by atoms with van der Waals surface area (Å²) in [7, 11) is -7.88. The summed E-state index contributed by atoms with van der Waals surface area (Å²) in [5, 5.41) is 0. The van der Waals surface area contributed by atoms with Crippen LogP contribution >= 0.6 is 0 Å². The molecule has 2 aromatic carbocycles. The van der Waals surface area contributed by atoms with Crippen molar-refractivity contribution in [3.63, 3.8) is 0 Å². The minimum atomic E-state index is -4.00. The van der Waals surface area contributed by atoms with Crippen molar-refractivity contribution in [2.24, 2.45) is 5.92 Å². The predicted octanol–water partition coefficient (Wildman–Crippen LogP) is 2.84. The number of hydrogen-bond acceptors (Lipinski definition) is 5. The van der Waals surface area contributed by atoms with Crippen LogP contribution < -0.4 is 4.72 Å². The molecule has 1 N–H and O–H groups in total. The third-order valence-electron chi connectivity index (χ3n) is 3.53. The molecule has 0 bridgehead atoms. The van der Waals surface area contributed by atoms with Crippen LogP contribution in [-0.4, -0.2) is 23.1 Å². The number of rotatable bonds is 8. The number of sulfonamides is 1. The zero-order valence-electron chi connectivity index (χ0n) is 14.9. The summed E-state index contributed by atoms with van der Waals surface area (Å²) < 4.78 is 56.4. The van der Waals surface area contributed by atoms with E-state index >= 15 is 0 Å². The maximum absolute atomic E-state index is 12.9. The first-order valence-electron chi connectivity index (χ1n) is 8.12. The van der Waals surface area contributed by atoms with Gasteiger partial charge in [0.15, 0.2) is 6.23 Å². The Morgan fingerprint density at radius 2 is 1.50 bits per heavy atom. The van der Waals surface area contributed by atoms with Gasteiger partial charge >= 0.3 is 0 Å². The molecule has 0 radical (unpaired) electrons. The smallest absolute Gasteiger partial charge is 0.245 e. The van der Waals surface area contributed by atoms with E-state index in [1.165, 1.54) is 6.07 Å². The van der Waals surface area contributed by atoms with Crippen LogP contribution in [0.1, 0.15) is 31.2 Å². The minimum Gasteiger partial charge on any atom is -0.245 e. The highest BCUT2D eigenvalue weighted by Crippen LogP contribution is 2.23. The molecule has 26 heavy (non-hydrogen) atoms. The van der Waals surface area contributed by atoms with Crippen molar-refractivity contribution >= 4 is 20.1 Å². The highest BCUT2D eigenvalue weighted by Gasteiger charge is 2.26. The summed E-state index contributed by atoms with van der Waals surface area (Å²) in [4.78, 5) is 0.117. The van der Waals surface area contributed by atoms with Crippen molar-refractivity contribution in [2.75, 3.05) is 6.26 Å². The summed E-state index contributed by atoms with van der Waals surface area (Å²) in [6, 6.07) is 15.0. The van der Waals surface area contributed by atoms with Crippen LogP contribution in [0.5, 0.6) is 0 Å². The van der Waals surface area contributed by atoms with Gasteiger partial charge in [-0.3, -0.25) is 0 Å². The maximum Gasteiger partial charge on any atom is 0.266 e. The van der Waals surface area contributed by atoms with Gasteiger partial charge in [-0.1, -0.05) is 62.4 Å². The predicted molar refractivity (Wildman–Crippen MR) is 100 cm³/mol. The largest absolute Gasteiger partial charge is 0.266 e. The Morgan fingerprint density at radius 1 is 0.923 bits per heavy atom. The van der Waals surface area contributed by atoms with Crippen LogP contribution in [0.4, 0.5) is 0 Å². The van der Waals surface area contributed by atoms with Crippen LogP contribution in [0.2, 0.25) is 0 Å². The van der Waals surface area contributed by atoms with Crippen molar-refractivity contribution in [1.29, 1.82) is 0 Å². The van der Waals surface area contributed by atoms with Gasteiger partial charge in [0.25, 0.3) is 10.1 Å². The third kappa shape index (κ3) is 5.91. The Morgan fingerprint density at radius 3 is 2.08 bits per heavy atom. The lowest BCUT2D eigenvalue weighted by Crippen LogP contribution is -2.32. The van der Waals surface area contributed by atoms with Gasteiger partial charge in [0.1, 0.15) is 0 Å². The SMILES string of the molecule is CC(C)Cc1ccccc1S(=O)(=O)NC(OS(C)(=O)=O)c1ccccc1. The van der Waals surface area contributed by atoms with E-state index in [2.05, 4.69) is 4.72 Å². The summed E-state index contributed by atoms with van der Waals surface area (Å²) in [6.45, 7) is 3.99. The van der Waals surface area contributed by atoms with Gasteiger partial charge in [0.05, 0.1) is 11.2 Å². The van der Waals surface area contributed by atoms with E-state index in [0.29, 0.717) is 17.5 Å². The molecular weight excluding hydrogens is 374 g/mol. The van der Waals surface area contributed by atoms with E-state index in [-0.39, 0.29) is 10.8 Å². The molecular formula is C18H23NO5S2. The first kappa shape index (κ1) is 20.6. The van der Waals surface area contributed by atoms with Gasteiger partial charge in [-0.2, -0.15) is 13.1 Å². The molecule has 0 saturated heterocycles. The van der Waals surface area contributed by atoms with Crippen LogP contribution in [0.15, 0.2) is 59.5 Å². The van der Waals surface area contributed by atoms with Gasteiger partial charge in [-0.05, 0) is 29.5 Å². The fraction of sp³-hybridized carbons (Fsp3) is 0.333. The molecule has 2 aromatic rings. The molecule has 0 heterocycles. The molecule has 0 aromatic heterocycles. The molecule has 0 aliphatic rings. The number of benzene rings is 2. The lowest BCUT2D eigenvalue weighted by molar-refractivity contribution is 0.204. The summed E-state index contributed by atoms with van der Waals surface area (Å²) in [5.41, 5.74) is 1.06. The van der Waals surface area contributed by atoms with Crippen molar-refractivity contribution in [3.05, 3.63) is 65.7 Å². The van der Waals surface area contributed by atoms with Crippen molar-refractivity contribution in [1.82, 2.24) is 4.72 Å². The Bertz CT molecular complexity index is 939. The molecule has 1 unspecified atom stereocenters. The molecule has 0 aliphatic heterocycles. The second-order valence-electron chi connectivity index (χ2n) is 6.42. The van der Waals surface area contributed by atoms with Crippen molar-refractivity contribution in [2.45, 2.75) is 31.4 Å². The first-order valence-corrected chi connectivity index (χ1v) is 11.4. The molecule has 0 amide bonds. The zero-order valence-corrected chi connectivity index (χ0v) is 16.5. The van der Waals surface area contributed by atoms with E-state index in [9.17, 15) is 16.8 Å². The second-order valence-corrected chi connectivity index (χ2v) is 9.70. The van der Waals surface area contributed by atoms with E-state index < -0.39 is 26.4 Å².